The molecule has 112 valence electrons. The first-order chi connectivity index (χ1) is 10.2. The SMILES string of the molecule is COc1ccc(NC2CCCc3sc(Br)cc32)c(OC)c1. The van der Waals surface area contributed by atoms with Crippen molar-refractivity contribution in [2.45, 2.75) is 25.3 Å². The van der Waals surface area contributed by atoms with Gasteiger partial charge in [0.1, 0.15) is 11.5 Å². The van der Waals surface area contributed by atoms with Crippen molar-refractivity contribution in [3.8, 4) is 11.5 Å². The van der Waals surface area contributed by atoms with Gasteiger partial charge in [-0.2, -0.15) is 0 Å². The molecule has 1 aromatic heterocycles. The first-order valence-electron chi connectivity index (χ1n) is 6.98. The van der Waals surface area contributed by atoms with E-state index in [0.29, 0.717) is 6.04 Å². The van der Waals surface area contributed by atoms with E-state index in [1.54, 1.807) is 14.2 Å². The van der Waals surface area contributed by atoms with Crippen LogP contribution in [0.15, 0.2) is 28.1 Å². The van der Waals surface area contributed by atoms with Gasteiger partial charge in [-0.3, -0.25) is 0 Å². The fraction of sp³-hybridized carbons (Fsp3) is 0.375. The van der Waals surface area contributed by atoms with Crippen LogP contribution in [0.4, 0.5) is 5.69 Å². The van der Waals surface area contributed by atoms with E-state index in [9.17, 15) is 0 Å². The highest BCUT2D eigenvalue weighted by Crippen LogP contribution is 2.41. The van der Waals surface area contributed by atoms with Crippen molar-refractivity contribution in [1.82, 2.24) is 0 Å². The molecule has 21 heavy (non-hydrogen) atoms. The molecule has 0 aliphatic heterocycles. The molecule has 3 nitrogen and oxygen atoms in total. The van der Waals surface area contributed by atoms with Gasteiger partial charge in [-0.25, -0.2) is 0 Å². The van der Waals surface area contributed by atoms with Gasteiger partial charge < -0.3 is 14.8 Å². The van der Waals surface area contributed by atoms with Crippen LogP contribution in [0.3, 0.4) is 0 Å². The largest absolute Gasteiger partial charge is 0.497 e. The second kappa shape index (κ2) is 6.28. The number of hydrogen-bond acceptors (Lipinski definition) is 4. The van der Waals surface area contributed by atoms with Gasteiger partial charge in [0, 0.05) is 10.9 Å². The molecule has 2 aromatic rings. The molecule has 1 unspecified atom stereocenters. The van der Waals surface area contributed by atoms with Crippen molar-refractivity contribution in [1.29, 1.82) is 0 Å². The number of methoxy groups -OCH3 is 2. The van der Waals surface area contributed by atoms with Crippen LogP contribution in [-0.2, 0) is 6.42 Å². The third-order valence-corrected chi connectivity index (χ3v) is 5.54. The van der Waals surface area contributed by atoms with Crippen molar-refractivity contribution in [3.05, 3.63) is 38.5 Å². The van der Waals surface area contributed by atoms with Gasteiger partial charge in [-0.05, 0) is 59.0 Å². The summed E-state index contributed by atoms with van der Waals surface area (Å²) < 4.78 is 11.9. The highest BCUT2D eigenvalue weighted by molar-refractivity contribution is 9.11. The Labute approximate surface area is 137 Å². The van der Waals surface area contributed by atoms with Crippen LogP contribution in [0.1, 0.15) is 29.3 Å². The summed E-state index contributed by atoms with van der Waals surface area (Å²) in [7, 11) is 3.35. The molecule has 1 atom stereocenters. The van der Waals surface area contributed by atoms with Crippen molar-refractivity contribution in [2.75, 3.05) is 19.5 Å². The van der Waals surface area contributed by atoms with Crippen molar-refractivity contribution in [3.63, 3.8) is 0 Å². The second-order valence-electron chi connectivity index (χ2n) is 5.08. The number of anilines is 1. The molecular formula is C16H18BrNO2S. The molecular weight excluding hydrogens is 350 g/mol. The van der Waals surface area contributed by atoms with Gasteiger partial charge in [0.05, 0.1) is 29.7 Å². The molecule has 1 aliphatic carbocycles. The van der Waals surface area contributed by atoms with E-state index in [4.69, 9.17) is 9.47 Å². The Bertz CT molecular complexity index is 641. The third-order valence-electron chi connectivity index (χ3n) is 3.82. The number of thiophene rings is 1. The zero-order chi connectivity index (χ0) is 14.8. The summed E-state index contributed by atoms with van der Waals surface area (Å²) >= 11 is 5.45. The second-order valence-corrected chi connectivity index (χ2v) is 7.60. The van der Waals surface area contributed by atoms with Crippen LogP contribution in [0.2, 0.25) is 0 Å². The number of nitrogens with one attached hydrogen (secondary N) is 1. The average molecular weight is 368 g/mol. The first-order valence-corrected chi connectivity index (χ1v) is 8.59. The summed E-state index contributed by atoms with van der Waals surface area (Å²) in [6.45, 7) is 0. The number of ether oxygens (including phenoxy) is 2. The molecule has 5 heteroatoms. The van der Waals surface area contributed by atoms with Gasteiger partial charge in [-0.15, -0.1) is 11.3 Å². The van der Waals surface area contributed by atoms with E-state index in [1.807, 2.05) is 29.5 Å². The number of benzene rings is 1. The summed E-state index contributed by atoms with van der Waals surface area (Å²) in [4.78, 5) is 1.48. The summed E-state index contributed by atoms with van der Waals surface area (Å²) in [5, 5.41) is 3.63. The Morgan fingerprint density at radius 1 is 1.24 bits per heavy atom. The Morgan fingerprint density at radius 3 is 2.86 bits per heavy atom. The molecule has 1 N–H and O–H groups in total. The minimum Gasteiger partial charge on any atom is -0.497 e. The summed E-state index contributed by atoms with van der Waals surface area (Å²) in [5.41, 5.74) is 2.43. The van der Waals surface area contributed by atoms with Crippen LogP contribution < -0.4 is 14.8 Å². The van der Waals surface area contributed by atoms with Crippen LogP contribution in [-0.4, -0.2) is 14.2 Å². The molecule has 0 saturated heterocycles. The molecule has 0 radical (unpaired) electrons. The summed E-state index contributed by atoms with van der Waals surface area (Å²) in [6, 6.07) is 8.48. The maximum Gasteiger partial charge on any atom is 0.145 e. The number of halogens is 1. The standard InChI is InChI=1S/C16H18BrNO2S/c1-19-10-6-7-13(14(8-10)20-2)18-12-4-3-5-15-11(12)9-16(17)21-15/h6-9,12,18H,3-5H2,1-2H3. The summed E-state index contributed by atoms with van der Waals surface area (Å²) in [6.07, 6.45) is 3.55. The molecule has 0 fully saturated rings. The number of aryl methyl sites for hydroxylation is 1. The number of fused-ring (bicyclic) bond motifs is 1. The fourth-order valence-electron chi connectivity index (χ4n) is 2.78. The van der Waals surface area contributed by atoms with Gasteiger partial charge in [0.15, 0.2) is 0 Å². The Morgan fingerprint density at radius 2 is 2.10 bits per heavy atom. The van der Waals surface area contributed by atoms with Gasteiger partial charge in [-0.1, -0.05) is 0 Å². The van der Waals surface area contributed by atoms with Crippen molar-refractivity contribution >= 4 is 33.0 Å². The molecule has 1 heterocycles. The van der Waals surface area contributed by atoms with Gasteiger partial charge in [0.2, 0.25) is 0 Å². The van der Waals surface area contributed by atoms with Crippen LogP contribution in [0.5, 0.6) is 11.5 Å². The zero-order valence-electron chi connectivity index (χ0n) is 12.1. The highest BCUT2D eigenvalue weighted by atomic mass is 79.9. The topological polar surface area (TPSA) is 30.5 Å². The maximum atomic E-state index is 5.47. The average Bonchev–Trinajstić information content (AvgIpc) is 2.89. The number of hydrogen-bond donors (Lipinski definition) is 1. The first kappa shape index (κ1) is 14.7. The predicted octanol–water partition coefficient (Wildman–Crippen LogP) is 5.02. The van der Waals surface area contributed by atoms with Crippen LogP contribution in [0, 0.1) is 0 Å². The monoisotopic (exact) mass is 367 g/mol. The lowest BCUT2D eigenvalue weighted by Crippen LogP contribution is -2.16. The maximum absolute atomic E-state index is 5.47. The Balaban J connectivity index is 1.87. The van der Waals surface area contributed by atoms with Crippen LogP contribution >= 0.6 is 27.3 Å². The lowest BCUT2D eigenvalue weighted by atomic mass is 9.94. The van der Waals surface area contributed by atoms with Crippen LogP contribution in [0.25, 0.3) is 0 Å². The fourth-order valence-corrected chi connectivity index (χ4v) is 4.60. The normalized spacial score (nSPS) is 17.2. The van der Waals surface area contributed by atoms with Crippen molar-refractivity contribution in [2.24, 2.45) is 0 Å². The smallest absolute Gasteiger partial charge is 0.145 e. The molecule has 0 bridgehead atoms. The summed E-state index contributed by atoms with van der Waals surface area (Å²) in [5.74, 6) is 1.62. The molecule has 1 aromatic carbocycles. The lowest BCUT2D eigenvalue weighted by Gasteiger charge is -2.25. The van der Waals surface area contributed by atoms with Crippen molar-refractivity contribution < 1.29 is 9.47 Å². The Kier molecular flexibility index (Phi) is 4.40. The van der Waals surface area contributed by atoms with E-state index >= 15 is 0 Å². The quantitative estimate of drug-likeness (QED) is 0.822. The van der Waals surface area contributed by atoms with E-state index in [0.717, 1.165) is 23.6 Å². The van der Waals surface area contributed by atoms with Gasteiger partial charge in [0.25, 0.3) is 0 Å². The minimum absolute atomic E-state index is 0.346. The Hall–Kier alpha value is -1.20. The molecule has 0 saturated carbocycles. The third kappa shape index (κ3) is 3.04. The minimum atomic E-state index is 0.346. The zero-order valence-corrected chi connectivity index (χ0v) is 14.5. The highest BCUT2D eigenvalue weighted by Gasteiger charge is 2.23. The predicted molar refractivity (Wildman–Crippen MR) is 90.9 cm³/mol. The van der Waals surface area contributed by atoms with E-state index in [-0.39, 0.29) is 0 Å². The molecule has 0 amide bonds. The molecule has 1 aliphatic rings. The molecule has 3 rings (SSSR count). The molecule has 0 spiro atoms. The van der Waals surface area contributed by atoms with E-state index in [2.05, 4.69) is 27.3 Å². The number of rotatable bonds is 4. The lowest BCUT2D eigenvalue weighted by molar-refractivity contribution is 0.395. The van der Waals surface area contributed by atoms with E-state index < -0.39 is 0 Å². The van der Waals surface area contributed by atoms with E-state index in [1.165, 1.54) is 27.1 Å². The van der Waals surface area contributed by atoms with Gasteiger partial charge >= 0.3 is 0 Å².